The largest absolute Gasteiger partial charge is 0.396 e. The van der Waals surface area contributed by atoms with Crippen molar-refractivity contribution in [3.05, 3.63) is 0 Å². The Kier molecular flexibility index (Phi) is 3.87. The Hall–Kier alpha value is -0.0800. The van der Waals surface area contributed by atoms with Crippen LogP contribution in [0.25, 0.3) is 0 Å². The molecule has 0 aromatic heterocycles. The van der Waals surface area contributed by atoms with E-state index in [1.165, 1.54) is 25.9 Å². The van der Waals surface area contributed by atoms with Crippen LogP contribution < -0.4 is 0 Å². The van der Waals surface area contributed by atoms with Gasteiger partial charge in [-0.05, 0) is 18.8 Å². The van der Waals surface area contributed by atoms with Gasteiger partial charge in [0.15, 0.2) is 0 Å². The molecule has 11 heavy (non-hydrogen) atoms. The van der Waals surface area contributed by atoms with Crippen LogP contribution in [0.15, 0.2) is 0 Å². The lowest BCUT2D eigenvalue weighted by Crippen LogP contribution is -2.46. The van der Waals surface area contributed by atoms with Gasteiger partial charge in [-0.3, -0.25) is 0 Å². The number of aliphatic hydroxyl groups is 1. The predicted octanol–water partition coefficient (Wildman–Crippen LogP) is 1.10. The first kappa shape index (κ1) is 9.01. The zero-order valence-electron chi connectivity index (χ0n) is 7.42. The standard InChI is InChI=1S/C9H19NO/c1-2-4-9-7-10(8-9)5-3-6-11/h9,11H,2-8H2,1H3. The van der Waals surface area contributed by atoms with Gasteiger partial charge < -0.3 is 10.0 Å². The highest BCUT2D eigenvalue weighted by Crippen LogP contribution is 2.19. The molecule has 66 valence electrons. The second-order valence-electron chi connectivity index (χ2n) is 3.49. The number of rotatable bonds is 5. The van der Waals surface area contributed by atoms with Gasteiger partial charge in [-0.15, -0.1) is 0 Å². The van der Waals surface area contributed by atoms with Crippen molar-refractivity contribution in [3.8, 4) is 0 Å². The molecule has 1 heterocycles. The van der Waals surface area contributed by atoms with E-state index in [0.717, 1.165) is 18.9 Å². The van der Waals surface area contributed by atoms with Crippen molar-refractivity contribution in [2.24, 2.45) is 5.92 Å². The van der Waals surface area contributed by atoms with E-state index in [9.17, 15) is 0 Å². The number of likely N-dealkylation sites (tertiary alicyclic amines) is 1. The maximum atomic E-state index is 8.58. The predicted molar refractivity (Wildman–Crippen MR) is 46.5 cm³/mol. The third-order valence-corrected chi connectivity index (χ3v) is 2.36. The molecule has 0 amide bonds. The van der Waals surface area contributed by atoms with Gasteiger partial charge in [0, 0.05) is 26.2 Å². The van der Waals surface area contributed by atoms with Crippen molar-refractivity contribution in [1.29, 1.82) is 0 Å². The van der Waals surface area contributed by atoms with Crippen molar-refractivity contribution in [2.45, 2.75) is 26.2 Å². The SMILES string of the molecule is CCCC1CN(CCCO)C1. The quantitative estimate of drug-likeness (QED) is 0.646. The van der Waals surface area contributed by atoms with Gasteiger partial charge in [0.1, 0.15) is 0 Å². The van der Waals surface area contributed by atoms with Crippen LogP contribution >= 0.6 is 0 Å². The van der Waals surface area contributed by atoms with E-state index in [1.54, 1.807) is 0 Å². The fourth-order valence-electron chi connectivity index (χ4n) is 1.74. The highest BCUT2D eigenvalue weighted by Gasteiger charge is 2.24. The molecule has 0 spiro atoms. The smallest absolute Gasteiger partial charge is 0.0443 e. The van der Waals surface area contributed by atoms with E-state index in [1.807, 2.05) is 0 Å². The van der Waals surface area contributed by atoms with Gasteiger partial charge in [0.2, 0.25) is 0 Å². The van der Waals surface area contributed by atoms with Crippen LogP contribution in [0.1, 0.15) is 26.2 Å². The van der Waals surface area contributed by atoms with Gasteiger partial charge >= 0.3 is 0 Å². The molecule has 1 saturated heterocycles. The normalized spacial score (nSPS) is 20.2. The molecule has 1 rings (SSSR count). The molecule has 1 aliphatic heterocycles. The number of aliphatic hydroxyl groups excluding tert-OH is 1. The molecule has 0 bridgehead atoms. The van der Waals surface area contributed by atoms with Crippen LogP contribution in [0.5, 0.6) is 0 Å². The number of hydrogen-bond donors (Lipinski definition) is 1. The minimum atomic E-state index is 0.342. The lowest BCUT2D eigenvalue weighted by Gasteiger charge is -2.39. The molecule has 1 N–H and O–H groups in total. The summed E-state index contributed by atoms with van der Waals surface area (Å²) in [5, 5.41) is 8.58. The topological polar surface area (TPSA) is 23.5 Å². The molecule has 0 saturated carbocycles. The highest BCUT2D eigenvalue weighted by atomic mass is 16.3. The summed E-state index contributed by atoms with van der Waals surface area (Å²) in [5.74, 6) is 0.957. The van der Waals surface area contributed by atoms with Gasteiger partial charge in [-0.2, -0.15) is 0 Å². The van der Waals surface area contributed by atoms with E-state index in [4.69, 9.17) is 5.11 Å². The summed E-state index contributed by atoms with van der Waals surface area (Å²) in [6, 6.07) is 0. The first-order valence-electron chi connectivity index (χ1n) is 4.70. The Morgan fingerprint density at radius 2 is 2.18 bits per heavy atom. The first-order valence-corrected chi connectivity index (χ1v) is 4.70. The fourth-order valence-corrected chi connectivity index (χ4v) is 1.74. The van der Waals surface area contributed by atoms with Gasteiger partial charge in [0.05, 0.1) is 0 Å². The molecule has 1 fully saturated rings. The summed E-state index contributed by atoms with van der Waals surface area (Å²) in [6.07, 6.45) is 3.65. The molecular weight excluding hydrogens is 138 g/mol. The average molecular weight is 157 g/mol. The van der Waals surface area contributed by atoms with Gasteiger partial charge in [0.25, 0.3) is 0 Å². The Morgan fingerprint density at radius 1 is 1.45 bits per heavy atom. The minimum absolute atomic E-state index is 0.342. The molecule has 0 radical (unpaired) electrons. The Labute approximate surface area is 69.2 Å². The van der Waals surface area contributed by atoms with E-state index in [-0.39, 0.29) is 0 Å². The van der Waals surface area contributed by atoms with E-state index < -0.39 is 0 Å². The number of hydrogen-bond acceptors (Lipinski definition) is 2. The molecule has 0 aromatic carbocycles. The summed E-state index contributed by atoms with van der Waals surface area (Å²) in [4.78, 5) is 2.43. The average Bonchev–Trinajstić information content (AvgIpc) is 1.94. The van der Waals surface area contributed by atoms with Crippen LogP contribution in [-0.2, 0) is 0 Å². The fraction of sp³-hybridized carbons (Fsp3) is 1.00. The molecule has 2 nitrogen and oxygen atoms in total. The first-order chi connectivity index (χ1) is 5.36. The molecule has 2 heteroatoms. The number of nitrogens with zero attached hydrogens (tertiary/aromatic N) is 1. The zero-order chi connectivity index (χ0) is 8.10. The maximum Gasteiger partial charge on any atom is 0.0443 e. The summed E-state index contributed by atoms with van der Waals surface area (Å²) in [5.41, 5.74) is 0. The lowest BCUT2D eigenvalue weighted by molar-refractivity contribution is 0.0857. The molecule has 0 aliphatic carbocycles. The van der Waals surface area contributed by atoms with E-state index in [0.29, 0.717) is 6.61 Å². The summed E-state index contributed by atoms with van der Waals surface area (Å²) in [6.45, 7) is 6.23. The third-order valence-electron chi connectivity index (χ3n) is 2.36. The lowest BCUT2D eigenvalue weighted by atomic mass is 9.95. The molecule has 1 aliphatic rings. The van der Waals surface area contributed by atoms with Crippen LogP contribution in [0.2, 0.25) is 0 Å². The maximum absolute atomic E-state index is 8.58. The van der Waals surface area contributed by atoms with Crippen molar-refractivity contribution in [2.75, 3.05) is 26.2 Å². The Bertz CT molecular complexity index is 99.7. The van der Waals surface area contributed by atoms with Crippen LogP contribution in [-0.4, -0.2) is 36.2 Å². The van der Waals surface area contributed by atoms with Gasteiger partial charge in [-0.1, -0.05) is 13.3 Å². The van der Waals surface area contributed by atoms with E-state index in [2.05, 4.69) is 11.8 Å². The van der Waals surface area contributed by atoms with Crippen LogP contribution in [0.3, 0.4) is 0 Å². The van der Waals surface area contributed by atoms with Crippen molar-refractivity contribution < 1.29 is 5.11 Å². The van der Waals surface area contributed by atoms with Crippen molar-refractivity contribution in [3.63, 3.8) is 0 Å². The summed E-state index contributed by atoms with van der Waals surface area (Å²) < 4.78 is 0. The minimum Gasteiger partial charge on any atom is -0.396 e. The van der Waals surface area contributed by atoms with Crippen LogP contribution in [0.4, 0.5) is 0 Å². The molecule has 0 unspecified atom stereocenters. The summed E-state index contributed by atoms with van der Waals surface area (Å²) >= 11 is 0. The Morgan fingerprint density at radius 3 is 2.73 bits per heavy atom. The molecule has 0 atom stereocenters. The monoisotopic (exact) mass is 157 g/mol. The van der Waals surface area contributed by atoms with E-state index >= 15 is 0 Å². The second kappa shape index (κ2) is 4.73. The molecular formula is C9H19NO. The Balaban J connectivity index is 1.92. The van der Waals surface area contributed by atoms with Gasteiger partial charge in [-0.25, -0.2) is 0 Å². The molecule has 0 aromatic rings. The van der Waals surface area contributed by atoms with Crippen molar-refractivity contribution >= 4 is 0 Å². The van der Waals surface area contributed by atoms with Crippen molar-refractivity contribution in [1.82, 2.24) is 4.90 Å². The second-order valence-corrected chi connectivity index (χ2v) is 3.49. The summed E-state index contributed by atoms with van der Waals surface area (Å²) in [7, 11) is 0. The van der Waals surface area contributed by atoms with Crippen LogP contribution in [0, 0.1) is 5.92 Å². The zero-order valence-corrected chi connectivity index (χ0v) is 7.42. The third kappa shape index (κ3) is 2.80. The highest BCUT2D eigenvalue weighted by molar-refractivity contribution is 4.78.